The fraction of sp³-hybridized carbons (Fsp3) is 0.545. The van der Waals surface area contributed by atoms with E-state index in [0.717, 1.165) is 23.6 Å². The van der Waals surface area contributed by atoms with Crippen LogP contribution < -0.4 is 10.6 Å². The Bertz CT molecular complexity index is 359. The lowest BCUT2D eigenvalue weighted by atomic mass is 10.2. The van der Waals surface area contributed by atoms with Crippen molar-refractivity contribution in [3.63, 3.8) is 0 Å². The van der Waals surface area contributed by atoms with Gasteiger partial charge < -0.3 is 15.4 Å². The van der Waals surface area contributed by atoms with Crippen molar-refractivity contribution in [2.24, 2.45) is 0 Å². The van der Waals surface area contributed by atoms with Gasteiger partial charge in [0.1, 0.15) is 0 Å². The summed E-state index contributed by atoms with van der Waals surface area (Å²) in [5.74, 6) is 0.0138. The van der Waals surface area contributed by atoms with Crippen molar-refractivity contribution in [3.8, 4) is 0 Å². The van der Waals surface area contributed by atoms with Crippen LogP contribution in [0.25, 0.3) is 0 Å². The van der Waals surface area contributed by atoms with E-state index in [9.17, 15) is 4.79 Å². The lowest BCUT2D eigenvalue weighted by Crippen LogP contribution is -2.48. The van der Waals surface area contributed by atoms with Crippen molar-refractivity contribution in [2.45, 2.75) is 13.0 Å². The summed E-state index contributed by atoms with van der Waals surface area (Å²) in [5, 5.41) is 8.16. The van der Waals surface area contributed by atoms with E-state index in [0.29, 0.717) is 13.2 Å². The van der Waals surface area contributed by atoms with Gasteiger partial charge in [0.2, 0.25) is 0 Å². The molecule has 0 saturated carbocycles. The minimum absolute atomic E-state index is 0.0138. The zero-order valence-electron chi connectivity index (χ0n) is 9.29. The van der Waals surface area contributed by atoms with E-state index in [-0.39, 0.29) is 11.9 Å². The standard InChI is InChI=1S/C11H16N2O2S/c1-8-2-5-16-10(8)11(14)13-6-9-7-15-4-3-12-9/h2,5,9,12H,3-4,6-7H2,1H3,(H,13,14). The summed E-state index contributed by atoms with van der Waals surface area (Å²) in [5.41, 5.74) is 1.04. The highest BCUT2D eigenvalue weighted by Gasteiger charge is 2.15. The summed E-state index contributed by atoms with van der Waals surface area (Å²) >= 11 is 1.48. The van der Waals surface area contributed by atoms with Gasteiger partial charge in [-0.15, -0.1) is 11.3 Å². The SMILES string of the molecule is Cc1ccsc1C(=O)NCC1COCCN1. The Morgan fingerprint density at radius 2 is 2.62 bits per heavy atom. The number of morpholine rings is 1. The normalized spacial score (nSPS) is 20.7. The number of thiophene rings is 1. The van der Waals surface area contributed by atoms with Gasteiger partial charge in [-0.05, 0) is 23.9 Å². The number of nitrogens with one attached hydrogen (secondary N) is 2. The van der Waals surface area contributed by atoms with Crippen LogP contribution >= 0.6 is 11.3 Å². The number of amides is 1. The molecule has 88 valence electrons. The highest BCUT2D eigenvalue weighted by Crippen LogP contribution is 2.14. The predicted octanol–water partition coefficient (Wildman–Crippen LogP) is 0.775. The van der Waals surface area contributed by atoms with E-state index in [2.05, 4.69) is 10.6 Å². The Balaban J connectivity index is 1.81. The zero-order chi connectivity index (χ0) is 11.4. The molecule has 1 aliphatic rings. The lowest BCUT2D eigenvalue weighted by molar-refractivity contribution is 0.0735. The third kappa shape index (κ3) is 2.81. The maximum absolute atomic E-state index is 11.8. The fourth-order valence-corrected chi connectivity index (χ4v) is 2.49. The van der Waals surface area contributed by atoms with Crippen molar-refractivity contribution in [3.05, 3.63) is 21.9 Å². The van der Waals surface area contributed by atoms with Crippen molar-refractivity contribution in [1.29, 1.82) is 0 Å². The molecule has 1 atom stereocenters. The molecule has 0 aliphatic carbocycles. The number of aryl methyl sites for hydroxylation is 1. The van der Waals surface area contributed by atoms with Gasteiger partial charge in [0.05, 0.1) is 18.1 Å². The first-order valence-electron chi connectivity index (χ1n) is 5.41. The first kappa shape index (κ1) is 11.6. The Kier molecular flexibility index (Phi) is 3.93. The number of carbonyl (C=O) groups excluding carboxylic acids is 1. The van der Waals surface area contributed by atoms with Crippen LogP contribution in [0.4, 0.5) is 0 Å². The molecule has 0 bridgehead atoms. The quantitative estimate of drug-likeness (QED) is 0.820. The summed E-state index contributed by atoms with van der Waals surface area (Å²) < 4.78 is 5.32. The van der Waals surface area contributed by atoms with E-state index >= 15 is 0 Å². The van der Waals surface area contributed by atoms with Crippen LogP contribution in [-0.4, -0.2) is 38.3 Å². The van der Waals surface area contributed by atoms with Gasteiger partial charge in [-0.1, -0.05) is 0 Å². The second-order valence-corrected chi connectivity index (χ2v) is 4.78. The predicted molar refractivity (Wildman–Crippen MR) is 64.0 cm³/mol. The molecular formula is C11H16N2O2S. The largest absolute Gasteiger partial charge is 0.378 e. The van der Waals surface area contributed by atoms with Crippen LogP contribution in [-0.2, 0) is 4.74 Å². The van der Waals surface area contributed by atoms with Crippen LogP contribution in [0.1, 0.15) is 15.2 Å². The van der Waals surface area contributed by atoms with Crippen molar-refractivity contribution < 1.29 is 9.53 Å². The maximum Gasteiger partial charge on any atom is 0.261 e. The van der Waals surface area contributed by atoms with Crippen molar-refractivity contribution in [1.82, 2.24) is 10.6 Å². The lowest BCUT2D eigenvalue weighted by Gasteiger charge is -2.23. The molecule has 4 nitrogen and oxygen atoms in total. The smallest absolute Gasteiger partial charge is 0.261 e. The van der Waals surface area contributed by atoms with Crippen LogP contribution in [0.15, 0.2) is 11.4 Å². The van der Waals surface area contributed by atoms with E-state index in [1.54, 1.807) is 0 Å². The minimum atomic E-state index is 0.0138. The highest BCUT2D eigenvalue weighted by molar-refractivity contribution is 7.12. The first-order chi connectivity index (χ1) is 7.77. The van der Waals surface area contributed by atoms with E-state index in [4.69, 9.17) is 4.74 Å². The van der Waals surface area contributed by atoms with Crippen molar-refractivity contribution in [2.75, 3.05) is 26.3 Å². The summed E-state index contributed by atoms with van der Waals surface area (Å²) in [6.07, 6.45) is 0. The summed E-state index contributed by atoms with van der Waals surface area (Å²) in [4.78, 5) is 12.6. The topological polar surface area (TPSA) is 50.4 Å². The monoisotopic (exact) mass is 240 g/mol. The van der Waals surface area contributed by atoms with E-state index in [1.807, 2.05) is 18.4 Å². The highest BCUT2D eigenvalue weighted by atomic mass is 32.1. The van der Waals surface area contributed by atoms with Gasteiger partial charge in [-0.2, -0.15) is 0 Å². The average molecular weight is 240 g/mol. The van der Waals surface area contributed by atoms with Crippen LogP contribution in [0, 0.1) is 6.92 Å². The Morgan fingerprint density at radius 3 is 3.25 bits per heavy atom. The van der Waals surface area contributed by atoms with Gasteiger partial charge in [0.25, 0.3) is 5.91 Å². The summed E-state index contributed by atoms with van der Waals surface area (Å²) in [6, 6.07) is 2.19. The first-order valence-corrected chi connectivity index (χ1v) is 6.29. The van der Waals surface area contributed by atoms with Gasteiger partial charge in [-0.3, -0.25) is 4.79 Å². The molecule has 2 heterocycles. The van der Waals surface area contributed by atoms with Crippen LogP contribution in [0.2, 0.25) is 0 Å². The van der Waals surface area contributed by atoms with Crippen molar-refractivity contribution >= 4 is 17.2 Å². The molecule has 1 saturated heterocycles. The molecule has 1 aromatic rings. The van der Waals surface area contributed by atoms with Gasteiger partial charge >= 0.3 is 0 Å². The molecule has 2 N–H and O–H groups in total. The molecule has 5 heteroatoms. The molecule has 1 unspecified atom stereocenters. The molecule has 1 aromatic heterocycles. The number of ether oxygens (including phenoxy) is 1. The Hall–Kier alpha value is -0.910. The molecular weight excluding hydrogens is 224 g/mol. The Labute approximate surface area is 99.0 Å². The molecule has 1 amide bonds. The number of hydrogen-bond donors (Lipinski definition) is 2. The van der Waals surface area contributed by atoms with E-state index < -0.39 is 0 Å². The zero-order valence-corrected chi connectivity index (χ0v) is 10.1. The molecule has 0 aromatic carbocycles. The Morgan fingerprint density at radius 1 is 1.75 bits per heavy atom. The third-order valence-electron chi connectivity index (χ3n) is 2.58. The average Bonchev–Trinajstić information content (AvgIpc) is 2.74. The van der Waals surface area contributed by atoms with Gasteiger partial charge in [-0.25, -0.2) is 0 Å². The summed E-state index contributed by atoms with van der Waals surface area (Å²) in [7, 11) is 0. The molecule has 16 heavy (non-hydrogen) atoms. The molecule has 0 spiro atoms. The summed E-state index contributed by atoms with van der Waals surface area (Å²) in [6.45, 7) is 4.86. The van der Waals surface area contributed by atoms with Crippen LogP contribution in [0.5, 0.6) is 0 Å². The number of carbonyl (C=O) groups is 1. The van der Waals surface area contributed by atoms with Gasteiger partial charge in [0, 0.05) is 19.1 Å². The van der Waals surface area contributed by atoms with Crippen LogP contribution in [0.3, 0.4) is 0 Å². The second-order valence-electron chi connectivity index (χ2n) is 3.87. The second kappa shape index (κ2) is 5.43. The molecule has 1 fully saturated rings. The number of hydrogen-bond acceptors (Lipinski definition) is 4. The third-order valence-corrected chi connectivity index (χ3v) is 3.59. The maximum atomic E-state index is 11.8. The minimum Gasteiger partial charge on any atom is -0.378 e. The van der Waals surface area contributed by atoms with Gasteiger partial charge in [0.15, 0.2) is 0 Å². The number of rotatable bonds is 3. The van der Waals surface area contributed by atoms with E-state index in [1.165, 1.54) is 11.3 Å². The molecule has 2 rings (SSSR count). The molecule has 0 radical (unpaired) electrons. The molecule has 1 aliphatic heterocycles. The fourth-order valence-electron chi connectivity index (χ4n) is 1.65.